The number of nitrogens with zero attached hydrogens (tertiary/aromatic N) is 2. The van der Waals surface area contributed by atoms with E-state index in [0.717, 1.165) is 36.7 Å². The number of nitrogen functional groups attached to an aromatic ring is 1. The second-order valence-corrected chi connectivity index (χ2v) is 4.75. The van der Waals surface area contributed by atoms with E-state index in [-0.39, 0.29) is 5.96 Å². The fourth-order valence-electron chi connectivity index (χ4n) is 2.00. The predicted molar refractivity (Wildman–Crippen MR) is 68.2 cm³/mol. The molecule has 0 aliphatic carbocycles. The van der Waals surface area contributed by atoms with Gasteiger partial charge < -0.3 is 11.1 Å². The summed E-state index contributed by atoms with van der Waals surface area (Å²) in [5, 5.41) is 15.3. The molecule has 2 rings (SSSR count). The first-order chi connectivity index (χ1) is 7.74. The maximum atomic E-state index is 7.52. The summed E-state index contributed by atoms with van der Waals surface area (Å²) in [5.74, 6) is 1.79. The Morgan fingerprint density at radius 1 is 1.62 bits per heavy atom. The third kappa shape index (κ3) is 2.02. The largest absolute Gasteiger partial charge is 0.370 e. The molecule has 5 nitrogen and oxygen atoms in total. The van der Waals surface area contributed by atoms with E-state index >= 15 is 0 Å². The highest BCUT2D eigenvalue weighted by atomic mass is 32.2. The molecule has 0 fully saturated rings. The van der Waals surface area contributed by atoms with Crippen LogP contribution < -0.4 is 11.1 Å². The Bertz CT molecular complexity index is 398. The molecule has 0 atom stereocenters. The van der Waals surface area contributed by atoms with E-state index in [2.05, 4.69) is 16.7 Å². The van der Waals surface area contributed by atoms with E-state index in [0.29, 0.717) is 0 Å². The summed E-state index contributed by atoms with van der Waals surface area (Å²) in [5.41, 5.74) is 7.84. The smallest absolute Gasteiger partial charge is 0.215 e. The highest BCUT2D eigenvalue weighted by Gasteiger charge is 2.20. The van der Waals surface area contributed by atoms with Crippen molar-refractivity contribution in [1.29, 1.82) is 5.41 Å². The van der Waals surface area contributed by atoms with Crippen LogP contribution in [0.4, 0.5) is 5.82 Å². The van der Waals surface area contributed by atoms with Crippen molar-refractivity contribution < 1.29 is 0 Å². The number of nitrogens with two attached hydrogens (primary N) is 1. The third-order valence-corrected chi connectivity index (χ3v) is 3.28. The van der Waals surface area contributed by atoms with E-state index in [1.807, 2.05) is 0 Å². The fraction of sp³-hybridized carbons (Fsp3) is 0.600. The summed E-state index contributed by atoms with van der Waals surface area (Å²) in [7, 11) is 0. The van der Waals surface area contributed by atoms with Gasteiger partial charge in [-0.2, -0.15) is 21.5 Å². The molecule has 88 valence electrons. The zero-order valence-electron chi connectivity index (χ0n) is 9.42. The maximum absolute atomic E-state index is 7.52. The van der Waals surface area contributed by atoms with Crippen LogP contribution in [0.2, 0.25) is 0 Å². The second-order valence-electron chi connectivity index (χ2n) is 3.89. The van der Waals surface area contributed by atoms with Gasteiger partial charge in [0.25, 0.3) is 0 Å². The zero-order chi connectivity index (χ0) is 11.5. The highest BCUT2D eigenvalue weighted by Crippen LogP contribution is 2.26. The van der Waals surface area contributed by atoms with E-state index in [4.69, 9.17) is 11.1 Å². The first-order valence-electron chi connectivity index (χ1n) is 5.42. The van der Waals surface area contributed by atoms with Crippen LogP contribution >= 0.6 is 11.8 Å². The van der Waals surface area contributed by atoms with E-state index in [1.165, 1.54) is 16.7 Å². The lowest BCUT2D eigenvalue weighted by molar-refractivity contribution is 0.773. The van der Waals surface area contributed by atoms with Crippen molar-refractivity contribution in [3.05, 3.63) is 11.3 Å². The minimum Gasteiger partial charge on any atom is -0.370 e. The minimum absolute atomic E-state index is 0.0157. The number of hydrogen-bond acceptors (Lipinski definition) is 4. The molecule has 1 aliphatic heterocycles. The number of rotatable bonds is 2. The van der Waals surface area contributed by atoms with Crippen LogP contribution in [0.15, 0.2) is 0 Å². The number of thioether (sulfide) groups is 1. The van der Waals surface area contributed by atoms with Gasteiger partial charge in [0, 0.05) is 17.9 Å². The van der Waals surface area contributed by atoms with Crippen LogP contribution in [0, 0.1) is 5.41 Å². The minimum atomic E-state index is -0.0157. The van der Waals surface area contributed by atoms with Gasteiger partial charge in [-0.1, -0.05) is 0 Å². The topological polar surface area (TPSA) is 79.7 Å². The van der Waals surface area contributed by atoms with Gasteiger partial charge >= 0.3 is 0 Å². The molecule has 1 aromatic rings. The van der Waals surface area contributed by atoms with Gasteiger partial charge in [-0.15, -0.1) is 0 Å². The molecule has 0 aromatic carbocycles. The molecule has 1 aromatic heterocycles. The van der Waals surface area contributed by atoms with Crippen molar-refractivity contribution in [3.8, 4) is 0 Å². The molecule has 4 N–H and O–H groups in total. The predicted octanol–water partition coefficient (Wildman–Crippen LogP) is 1.24. The van der Waals surface area contributed by atoms with Crippen LogP contribution in [0.1, 0.15) is 24.1 Å². The molecule has 0 unspecified atom stereocenters. The summed E-state index contributed by atoms with van der Waals surface area (Å²) in [6.07, 6.45) is 5.42. The highest BCUT2D eigenvalue weighted by molar-refractivity contribution is 7.97. The van der Waals surface area contributed by atoms with Crippen molar-refractivity contribution in [2.75, 3.05) is 18.1 Å². The molecule has 6 heteroatoms. The Balaban J connectivity index is 2.44. The number of aromatic nitrogens is 2. The molecular weight excluding hydrogens is 222 g/mol. The van der Waals surface area contributed by atoms with Gasteiger partial charge in [-0.25, -0.2) is 0 Å². The monoisotopic (exact) mass is 239 g/mol. The van der Waals surface area contributed by atoms with Crippen molar-refractivity contribution in [1.82, 2.24) is 9.78 Å². The average Bonchev–Trinajstić information content (AvgIpc) is 2.46. The van der Waals surface area contributed by atoms with E-state index in [1.54, 1.807) is 11.8 Å². The van der Waals surface area contributed by atoms with Gasteiger partial charge in [-0.3, -0.25) is 5.41 Å². The lowest BCUT2D eigenvalue weighted by Crippen LogP contribution is -2.24. The Labute approximate surface area is 99.3 Å². The Hall–Kier alpha value is -1.17. The van der Waals surface area contributed by atoms with Gasteiger partial charge in [-0.05, 0) is 25.5 Å². The third-order valence-electron chi connectivity index (χ3n) is 2.72. The average molecular weight is 239 g/mol. The number of anilines is 1. The molecule has 0 saturated heterocycles. The summed E-state index contributed by atoms with van der Waals surface area (Å²) in [4.78, 5) is 0. The normalized spacial score (nSPS) is 15.1. The van der Waals surface area contributed by atoms with Gasteiger partial charge in [0.1, 0.15) is 5.82 Å². The van der Waals surface area contributed by atoms with Crippen LogP contribution in [-0.2, 0) is 12.2 Å². The van der Waals surface area contributed by atoms with Crippen molar-refractivity contribution >= 4 is 23.5 Å². The van der Waals surface area contributed by atoms with Gasteiger partial charge in [0.15, 0.2) is 0 Å². The molecular formula is C10H17N5S. The quantitative estimate of drug-likeness (QED) is 0.536. The zero-order valence-corrected chi connectivity index (χ0v) is 10.2. The SMILES string of the molecule is CSCc1nn(C(=N)N)c2c1CCCCN2. The molecule has 2 heterocycles. The van der Waals surface area contributed by atoms with Crippen molar-refractivity contribution in [2.45, 2.75) is 25.0 Å². The molecule has 0 saturated carbocycles. The summed E-state index contributed by atoms with van der Waals surface area (Å²) in [6, 6.07) is 0. The first-order valence-corrected chi connectivity index (χ1v) is 6.81. The number of nitrogens with one attached hydrogen (secondary N) is 2. The Kier molecular flexibility index (Phi) is 3.38. The molecule has 16 heavy (non-hydrogen) atoms. The Morgan fingerprint density at radius 3 is 3.12 bits per heavy atom. The van der Waals surface area contributed by atoms with Crippen LogP contribution in [0.5, 0.6) is 0 Å². The second kappa shape index (κ2) is 4.78. The van der Waals surface area contributed by atoms with Gasteiger partial charge in [0.05, 0.1) is 5.69 Å². The van der Waals surface area contributed by atoms with Crippen molar-refractivity contribution in [3.63, 3.8) is 0 Å². The van der Waals surface area contributed by atoms with E-state index in [9.17, 15) is 0 Å². The summed E-state index contributed by atoms with van der Waals surface area (Å²) < 4.78 is 1.52. The fourth-order valence-corrected chi connectivity index (χ4v) is 2.51. The van der Waals surface area contributed by atoms with Crippen LogP contribution in [0.3, 0.4) is 0 Å². The molecule has 0 spiro atoms. The standard InChI is InChI=1S/C10H17N5S/c1-16-6-8-7-4-2-3-5-13-9(7)15(14-8)10(11)12/h13H,2-6H2,1H3,(H3,11,12). The van der Waals surface area contributed by atoms with Gasteiger partial charge in [0.2, 0.25) is 5.96 Å². The van der Waals surface area contributed by atoms with Crippen molar-refractivity contribution in [2.24, 2.45) is 5.73 Å². The van der Waals surface area contributed by atoms with Crippen LogP contribution in [0.25, 0.3) is 0 Å². The van der Waals surface area contributed by atoms with Crippen LogP contribution in [-0.4, -0.2) is 28.5 Å². The lowest BCUT2D eigenvalue weighted by Gasteiger charge is -2.06. The Morgan fingerprint density at radius 2 is 2.44 bits per heavy atom. The lowest BCUT2D eigenvalue weighted by atomic mass is 10.1. The summed E-state index contributed by atoms with van der Waals surface area (Å²) >= 11 is 1.74. The number of hydrogen-bond donors (Lipinski definition) is 3. The molecule has 1 aliphatic rings. The summed E-state index contributed by atoms with van der Waals surface area (Å²) in [6.45, 7) is 0.935. The maximum Gasteiger partial charge on any atom is 0.215 e. The van der Waals surface area contributed by atoms with E-state index < -0.39 is 0 Å². The number of fused-ring (bicyclic) bond motifs is 1. The molecule has 0 radical (unpaired) electrons. The molecule has 0 amide bonds. The molecule has 0 bridgehead atoms. The first kappa shape index (κ1) is 11.3.